The van der Waals surface area contributed by atoms with Crippen LogP contribution in [0.25, 0.3) is 10.4 Å². The predicted molar refractivity (Wildman–Crippen MR) is 64.9 cm³/mol. The van der Waals surface area contributed by atoms with E-state index in [1.54, 1.807) is 0 Å². The fraction of sp³-hybridized carbons (Fsp3) is 0.636. The lowest BCUT2D eigenvalue weighted by molar-refractivity contribution is -0.00460. The summed E-state index contributed by atoms with van der Waals surface area (Å²) >= 11 is 0. The van der Waals surface area contributed by atoms with Crippen LogP contribution >= 0.6 is 0 Å². The van der Waals surface area contributed by atoms with Crippen LogP contribution in [-0.2, 0) is 4.74 Å². The number of azide groups is 1. The van der Waals surface area contributed by atoms with E-state index >= 15 is 0 Å². The van der Waals surface area contributed by atoms with Gasteiger partial charge in [-0.1, -0.05) is 12.0 Å². The number of halogens is 1. The second kappa shape index (κ2) is 5.38. The Bertz CT molecular complexity index is 581. The Hall–Kier alpha value is -1.92. The molecule has 19 heavy (non-hydrogen) atoms. The van der Waals surface area contributed by atoms with Gasteiger partial charge in [0.1, 0.15) is 6.23 Å². The molecule has 0 saturated carbocycles. The average molecular weight is 267 g/mol. The fourth-order valence-electron chi connectivity index (χ4n) is 2.17. The average Bonchev–Trinajstić information content (AvgIpc) is 2.77. The van der Waals surface area contributed by atoms with Gasteiger partial charge in [-0.15, -0.1) is 0 Å². The molecule has 1 aliphatic rings. The summed E-state index contributed by atoms with van der Waals surface area (Å²) in [7, 11) is 0. The maximum Gasteiger partial charge on any atom is 0.350 e. The van der Waals surface area contributed by atoms with Gasteiger partial charge < -0.3 is 4.74 Å². The van der Waals surface area contributed by atoms with E-state index in [9.17, 15) is 9.18 Å². The minimum atomic E-state index is -0.643. The summed E-state index contributed by atoms with van der Waals surface area (Å²) in [5.41, 5.74) is 7.98. The number of hydrogen-bond acceptors (Lipinski definition) is 4. The number of nitrogens with zero attached hydrogens (tertiary/aromatic N) is 5. The van der Waals surface area contributed by atoms with Gasteiger partial charge in [0.25, 0.3) is 0 Å². The second-order valence-corrected chi connectivity index (χ2v) is 4.41. The van der Waals surface area contributed by atoms with E-state index in [0.717, 1.165) is 10.8 Å². The van der Waals surface area contributed by atoms with Gasteiger partial charge in [-0.3, -0.25) is 4.57 Å². The lowest BCUT2D eigenvalue weighted by Gasteiger charge is -2.15. The lowest BCUT2D eigenvalue weighted by Crippen LogP contribution is -2.28. The molecule has 0 aromatic carbocycles. The number of aromatic nitrogens is 2. The van der Waals surface area contributed by atoms with Crippen molar-refractivity contribution in [2.24, 2.45) is 5.11 Å². The molecule has 1 aromatic heterocycles. The Kier molecular flexibility index (Phi) is 3.82. The highest BCUT2D eigenvalue weighted by atomic mass is 19.1. The van der Waals surface area contributed by atoms with Gasteiger partial charge in [0.05, 0.1) is 17.8 Å². The quantitative estimate of drug-likeness (QED) is 0.476. The van der Waals surface area contributed by atoms with Crippen molar-refractivity contribution >= 4 is 0 Å². The Balaban J connectivity index is 2.32. The van der Waals surface area contributed by atoms with Crippen molar-refractivity contribution in [1.29, 1.82) is 0 Å². The first kappa shape index (κ1) is 13.5. The topological polar surface area (TPSA) is 92.9 Å². The van der Waals surface area contributed by atoms with Gasteiger partial charge in [-0.25, -0.2) is 9.18 Å². The molecule has 8 heteroatoms. The first-order valence-electron chi connectivity index (χ1n) is 6.01. The molecule has 0 bridgehead atoms. The molecule has 0 radical (unpaired) electrons. The highest BCUT2D eigenvalue weighted by Gasteiger charge is 2.35. The van der Waals surface area contributed by atoms with Crippen molar-refractivity contribution in [2.45, 2.75) is 45.1 Å². The normalized spacial score (nSPS) is 26.2. The van der Waals surface area contributed by atoms with E-state index in [1.165, 1.54) is 6.92 Å². The maximum atomic E-state index is 13.5. The largest absolute Gasteiger partial charge is 0.354 e. The molecule has 1 saturated heterocycles. The third-order valence-corrected chi connectivity index (χ3v) is 3.20. The molecular weight excluding hydrogens is 253 g/mol. The molecule has 7 nitrogen and oxygen atoms in total. The van der Waals surface area contributed by atoms with Crippen molar-refractivity contribution in [1.82, 2.24) is 9.55 Å². The minimum Gasteiger partial charge on any atom is -0.354 e. The Morgan fingerprint density at radius 3 is 3.11 bits per heavy atom. The van der Waals surface area contributed by atoms with Crippen molar-refractivity contribution in [3.63, 3.8) is 0 Å². The van der Waals surface area contributed by atoms with Gasteiger partial charge in [-0.05, 0) is 18.9 Å². The van der Waals surface area contributed by atoms with Crippen LogP contribution in [0.2, 0.25) is 0 Å². The standard InChI is InChI=1S/C11H14FN5O2/c1-3-9-8(15-16-13)4-10(19-9)17-5-7(12)6(2)14-11(17)18/h5,8-10H,3-4H2,1-2H3/t8?,9-,10-/m1/s1. The van der Waals surface area contributed by atoms with Crippen LogP contribution in [0.5, 0.6) is 0 Å². The summed E-state index contributed by atoms with van der Waals surface area (Å²) in [5.74, 6) is -0.566. The Labute approximate surface area is 108 Å². The van der Waals surface area contributed by atoms with Crippen LogP contribution in [0.15, 0.2) is 16.1 Å². The third-order valence-electron chi connectivity index (χ3n) is 3.20. The van der Waals surface area contributed by atoms with E-state index < -0.39 is 17.7 Å². The van der Waals surface area contributed by atoms with Crippen LogP contribution in [0.3, 0.4) is 0 Å². The number of ether oxygens (including phenoxy) is 1. The van der Waals surface area contributed by atoms with Gasteiger partial charge >= 0.3 is 5.69 Å². The van der Waals surface area contributed by atoms with Gasteiger partial charge in [0.2, 0.25) is 0 Å². The molecule has 1 fully saturated rings. The van der Waals surface area contributed by atoms with Crippen molar-refractivity contribution in [2.75, 3.05) is 0 Å². The van der Waals surface area contributed by atoms with E-state index in [4.69, 9.17) is 10.3 Å². The van der Waals surface area contributed by atoms with Crippen LogP contribution in [0, 0.1) is 12.7 Å². The summed E-state index contributed by atoms with van der Waals surface area (Å²) < 4.78 is 20.2. The monoisotopic (exact) mass is 267 g/mol. The minimum absolute atomic E-state index is 0.0536. The van der Waals surface area contributed by atoms with Crippen molar-refractivity contribution in [3.8, 4) is 0 Å². The maximum absolute atomic E-state index is 13.5. The molecule has 1 unspecified atom stereocenters. The summed E-state index contributed by atoms with van der Waals surface area (Å²) in [6, 6.07) is -0.351. The Morgan fingerprint density at radius 1 is 1.74 bits per heavy atom. The molecular formula is C11H14FN5O2. The van der Waals surface area contributed by atoms with E-state index in [0.29, 0.717) is 12.8 Å². The molecule has 0 N–H and O–H groups in total. The lowest BCUT2D eigenvalue weighted by atomic mass is 10.1. The highest BCUT2D eigenvalue weighted by Crippen LogP contribution is 2.31. The molecule has 0 amide bonds. The SMILES string of the molecule is CC[C@H]1O[C@@H](n2cc(F)c(C)nc2=O)CC1N=[N+]=[N-]. The van der Waals surface area contributed by atoms with Crippen LogP contribution in [0.4, 0.5) is 4.39 Å². The van der Waals surface area contributed by atoms with Gasteiger partial charge in [0.15, 0.2) is 5.82 Å². The summed E-state index contributed by atoms with van der Waals surface area (Å²) in [5, 5.41) is 3.65. The van der Waals surface area contributed by atoms with Crippen LogP contribution in [-0.4, -0.2) is 21.7 Å². The zero-order valence-corrected chi connectivity index (χ0v) is 10.7. The summed E-state index contributed by atoms with van der Waals surface area (Å²) in [6.45, 7) is 3.32. The third kappa shape index (κ3) is 2.59. The summed E-state index contributed by atoms with van der Waals surface area (Å²) in [4.78, 5) is 18.1. The van der Waals surface area contributed by atoms with Gasteiger partial charge in [0, 0.05) is 17.5 Å². The number of rotatable bonds is 3. The Morgan fingerprint density at radius 2 is 2.47 bits per heavy atom. The molecule has 102 valence electrons. The molecule has 1 aromatic rings. The molecule has 3 atom stereocenters. The van der Waals surface area contributed by atoms with E-state index in [-0.39, 0.29) is 17.8 Å². The number of hydrogen-bond donors (Lipinski definition) is 0. The van der Waals surface area contributed by atoms with E-state index in [2.05, 4.69) is 15.0 Å². The first-order chi connectivity index (χ1) is 9.06. The van der Waals surface area contributed by atoms with Crippen LogP contribution < -0.4 is 5.69 Å². The summed E-state index contributed by atoms with van der Waals surface area (Å²) in [6.07, 6.45) is 1.16. The highest BCUT2D eigenvalue weighted by molar-refractivity contribution is 5.01. The first-order valence-corrected chi connectivity index (χ1v) is 6.01. The smallest absolute Gasteiger partial charge is 0.350 e. The van der Waals surface area contributed by atoms with Gasteiger partial charge in [-0.2, -0.15) is 4.98 Å². The molecule has 0 spiro atoms. The fourth-order valence-corrected chi connectivity index (χ4v) is 2.17. The van der Waals surface area contributed by atoms with Crippen LogP contribution in [0.1, 0.15) is 31.7 Å². The molecule has 2 rings (SSSR count). The number of aryl methyl sites for hydroxylation is 1. The van der Waals surface area contributed by atoms with Crippen molar-refractivity contribution in [3.05, 3.63) is 38.6 Å². The predicted octanol–water partition coefficient (Wildman–Crippen LogP) is 2.07. The molecule has 2 heterocycles. The van der Waals surface area contributed by atoms with E-state index in [1.807, 2.05) is 6.92 Å². The van der Waals surface area contributed by atoms with Crippen molar-refractivity contribution < 1.29 is 9.13 Å². The molecule has 1 aliphatic heterocycles. The zero-order valence-electron chi connectivity index (χ0n) is 10.7. The second-order valence-electron chi connectivity index (χ2n) is 4.41. The zero-order chi connectivity index (χ0) is 14.0. The molecule has 0 aliphatic carbocycles.